The predicted octanol–water partition coefficient (Wildman–Crippen LogP) is 2.77. The van der Waals surface area contributed by atoms with E-state index in [1.165, 1.54) is 0 Å². The van der Waals surface area contributed by atoms with Gasteiger partial charge in [-0.25, -0.2) is 0 Å². The van der Waals surface area contributed by atoms with Crippen LogP contribution in [0.4, 0.5) is 0 Å². The van der Waals surface area contributed by atoms with E-state index in [0.29, 0.717) is 32.9 Å². The van der Waals surface area contributed by atoms with E-state index in [1.54, 1.807) is 21.3 Å². The molecule has 0 saturated carbocycles. The van der Waals surface area contributed by atoms with Crippen molar-refractivity contribution in [2.24, 2.45) is 4.99 Å². The summed E-state index contributed by atoms with van der Waals surface area (Å²) in [6.45, 7) is 6.19. The summed E-state index contributed by atoms with van der Waals surface area (Å²) >= 11 is 0. The molecule has 0 spiro atoms. The molecule has 0 bridgehead atoms. The van der Waals surface area contributed by atoms with Crippen molar-refractivity contribution in [1.29, 1.82) is 0 Å². The zero-order chi connectivity index (χ0) is 19.2. The van der Waals surface area contributed by atoms with Crippen molar-refractivity contribution in [2.75, 3.05) is 61.3 Å². The van der Waals surface area contributed by atoms with Crippen LogP contribution in [0.1, 0.15) is 18.9 Å². The van der Waals surface area contributed by atoms with E-state index in [4.69, 9.17) is 18.9 Å². The summed E-state index contributed by atoms with van der Waals surface area (Å²) < 4.78 is 21.2. The summed E-state index contributed by atoms with van der Waals surface area (Å²) in [4.78, 5) is 6.75. The molecular formula is C19H34IN3O4. The van der Waals surface area contributed by atoms with Gasteiger partial charge in [0.2, 0.25) is 0 Å². The van der Waals surface area contributed by atoms with Crippen LogP contribution >= 0.6 is 24.0 Å². The molecule has 0 radical (unpaired) electrons. The van der Waals surface area contributed by atoms with Gasteiger partial charge >= 0.3 is 0 Å². The van der Waals surface area contributed by atoms with Crippen LogP contribution in [0.2, 0.25) is 0 Å². The highest BCUT2D eigenvalue weighted by atomic mass is 127. The van der Waals surface area contributed by atoms with E-state index in [-0.39, 0.29) is 24.0 Å². The molecule has 0 atom stereocenters. The molecule has 8 heteroatoms. The number of guanidine groups is 1. The number of nitrogens with zero attached hydrogens (tertiary/aromatic N) is 2. The zero-order valence-corrected chi connectivity index (χ0v) is 19.4. The fourth-order valence-corrected chi connectivity index (χ4v) is 2.38. The summed E-state index contributed by atoms with van der Waals surface area (Å²) in [6.07, 6.45) is 0.873. The predicted molar refractivity (Wildman–Crippen MR) is 120 cm³/mol. The Kier molecular flexibility index (Phi) is 15.0. The van der Waals surface area contributed by atoms with Gasteiger partial charge in [0.1, 0.15) is 11.5 Å². The van der Waals surface area contributed by atoms with Gasteiger partial charge in [-0.05, 0) is 25.5 Å². The molecule has 1 N–H and O–H groups in total. The third kappa shape index (κ3) is 10.0. The Hall–Kier alpha value is -1.26. The Morgan fingerprint density at radius 3 is 2.52 bits per heavy atom. The summed E-state index contributed by atoms with van der Waals surface area (Å²) in [7, 11) is 7.00. The molecule has 7 nitrogen and oxygen atoms in total. The number of methoxy groups -OCH3 is 3. The van der Waals surface area contributed by atoms with Crippen LogP contribution in [0.3, 0.4) is 0 Å². The van der Waals surface area contributed by atoms with Gasteiger partial charge in [-0.1, -0.05) is 0 Å². The Bertz CT molecular complexity index is 544. The highest BCUT2D eigenvalue weighted by Gasteiger charge is 2.11. The Balaban J connectivity index is 0.00000676. The van der Waals surface area contributed by atoms with E-state index in [2.05, 4.69) is 22.1 Å². The molecule has 0 aliphatic carbocycles. The third-order valence-electron chi connectivity index (χ3n) is 3.74. The lowest BCUT2D eigenvalue weighted by molar-refractivity contribution is 0.0702. The molecule has 0 unspecified atom stereocenters. The van der Waals surface area contributed by atoms with Gasteiger partial charge in [-0.2, -0.15) is 0 Å². The Morgan fingerprint density at radius 1 is 1.11 bits per heavy atom. The number of hydrogen-bond donors (Lipinski definition) is 1. The van der Waals surface area contributed by atoms with Crippen molar-refractivity contribution in [2.45, 2.75) is 19.9 Å². The average molecular weight is 495 g/mol. The summed E-state index contributed by atoms with van der Waals surface area (Å²) in [5, 5.41) is 3.32. The molecule has 156 valence electrons. The fourth-order valence-electron chi connectivity index (χ4n) is 2.38. The van der Waals surface area contributed by atoms with Crippen LogP contribution in [0, 0.1) is 0 Å². The third-order valence-corrected chi connectivity index (χ3v) is 3.74. The largest absolute Gasteiger partial charge is 0.497 e. The van der Waals surface area contributed by atoms with Gasteiger partial charge in [-0.15, -0.1) is 24.0 Å². The maximum Gasteiger partial charge on any atom is 0.193 e. The van der Waals surface area contributed by atoms with Crippen LogP contribution in [0.25, 0.3) is 0 Å². The first kappa shape index (κ1) is 25.7. The number of nitrogens with one attached hydrogen (secondary N) is 1. The standard InChI is InChI=1S/C19H33N3O4.HI/c1-6-20-19(21-10-7-11-26-13-12-23-3)22(2)15-16-8-9-17(24-4)14-18(16)25-5;/h8-9,14H,6-7,10-13,15H2,1-5H3,(H,20,21);1H. The minimum atomic E-state index is 0. The molecule has 0 aromatic heterocycles. The highest BCUT2D eigenvalue weighted by Crippen LogP contribution is 2.25. The molecule has 0 aliphatic heterocycles. The molecule has 1 rings (SSSR count). The highest BCUT2D eigenvalue weighted by molar-refractivity contribution is 14.0. The van der Waals surface area contributed by atoms with Gasteiger partial charge in [0.25, 0.3) is 0 Å². The summed E-state index contributed by atoms with van der Waals surface area (Å²) in [5.74, 6) is 2.45. The van der Waals surface area contributed by atoms with Gasteiger partial charge in [0.15, 0.2) is 5.96 Å². The second-order valence-corrected chi connectivity index (χ2v) is 5.73. The van der Waals surface area contributed by atoms with Gasteiger partial charge in [0.05, 0.1) is 27.4 Å². The average Bonchev–Trinajstić information content (AvgIpc) is 2.66. The molecular weight excluding hydrogens is 461 g/mol. The minimum Gasteiger partial charge on any atom is -0.497 e. The molecule has 1 aromatic rings. The first-order chi connectivity index (χ1) is 12.7. The molecule has 27 heavy (non-hydrogen) atoms. The van der Waals surface area contributed by atoms with Crippen LogP contribution in [-0.4, -0.2) is 72.1 Å². The topological polar surface area (TPSA) is 64.6 Å². The molecule has 0 heterocycles. The van der Waals surface area contributed by atoms with E-state index in [9.17, 15) is 0 Å². The monoisotopic (exact) mass is 495 g/mol. The summed E-state index contributed by atoms with van der Waals surface area (Å²) in [6, 6.07) is 5.85. The molecule has 0 saturated heterocycles. The van der Waals surface area contributed by atoms with E-state index in [0.717, 1.165) is 36.0 Å². The minimum absolute atomic E-state index is 0. The molecule has 0 aliphatic rings. The van der Waals surface area contributed by atoms with Gasteiger partial charge in [-0.3, -0.25) is 4.99 Å². The maximum atomic E-state index is 5.48. The summed E-state index contributed by atoms with van der Waals surface area (Å²) in [5.41, 5.74) is 1.07. The lowest BCUT2D eigenvalue weighted by atomic mass is 10.2. The second kappa shape index (κ2) is 15.8. The van der Waals surface area contributed by atoms with Crippen LogP contribution in [-0.2, 0) is 16.0 Å². The normalized spacial score (nSPS) is 10.9. The zero-order valence-electron chi connectivity index (χ0n) is 17.1. The lowest BCUT2D eigenvalue weighted by Gasteiger charge is -2.23. The second-order valence-electron chi connectivity index (χ2n) is 5.73. The van der Waals surface area contributed by atoms with E-state index < -0.39 is 0 Å². The smallest absolute Gasteiger partial charge is 0.193 e. The van der Waals surface area contributed by atoms with Crippen molar-refractivity contribution in [3.8, 4) is 11.5 Å². The van der Waals surface area contributed by atoms with Crippen LogP contribution in [0.15, 0.2) is 23.2 Å². The molecule has 1 aromatic carbocycles. The number of rotatable bonds is 12. The number of halogens is 1. The first-order valence-electron chi connectivity index (χ1n) is 8.93. The molecule has 0 fully saturated rings. The number of benzene rings is 1. The first-order valence-corrected chi connectivity index (χ1v) is 8.93. The van der Waals surface area contributed by atoms with Crippen molar-refractivity contribution in [3.05, 3.63) is 23.8 Å². The Morgan fingerprint density at radius 2 is 1.89 bits per heavy atom. The van der Waals surface area contributed by atoms with Crippen molar-refractivity contribution in [1.82, 2.24) is 10.2 Å². The van der Waals surface area contributed by atoms with Gasteiger partial charge < -0.3 is 29.2 Å². The molecule has 0 amide bonds. The van der Waals surface area contributed by atoms with E-state index >= 15 is 0 Å². The van der Waals surface area contributed by atoms with Crippen LogP contribution < -0.4 is 14.8 Å². The number of hydrogen-bond acceptors (Lipinski definition) is 5. The van der Waals surface area contributed by atoms with Crippen molar-refractivity contribution < 1.29 is 18.9 Å². The van der Waals surface area contributed by atoms with Gasteiger partial charge in [0, 0.05) is 52.0 Å². The maximum absolute atomic E-state index is 5.48. The van der Waals surface area contributed by atoms with Crippen LogP contribution in [0.5, 0.6) is 11.5 Å². The van der Waals surface area contributed by atoms with Crippen molar-refractivity contribution in [3.63, 3.8) is 0 Å². The number of ether oxygens (including phenoxy) is 4. The number of aliphatic imine (C=N–C) groups is 1. The van der Waals surface area contributed by atoms with E-state index in [1.807, 2.05) is 25.2 Å². The Labute approximate surface area is 180 Å². The SMILES string of the molecule is CCNC(=NCCCOCCOC)N(C)Cc1ccc(OC)cc1OC.I. The quantitative estimate of drug-likeness (QED) is 0.208. The fraction of sp³-hybridized carbons (Fsp3) is 0.632. The van der Waals surface area contributed by atoms with Crippen molar-refractivity contribution >= 4 is 29.9 Å². The lowest BCUT2D eigenvalue weighted by Crippen LogP contribution is -2.38.